The van der Waals surface area contributed by atoms with Gasteiger partial charge in [0.05, 0.1) is 5.92 Å². The Kier molecular flexibility index (Phi) is 4.71. The van der Waals surface area contributed by atoms with Gasteiger partial charge in [-0.1, -0.05) is 0 Å². The van der Waals surface area contributed by atoms with Crippen LogP contribution in [0.2, 0.25) is 0 Å². The van der Waals surface area contributed by atoms with Crippen molar-refractivity contribution in [1.82, 2.24) is 10.2 Å². The smallest absolute Gasteiger partial charge is 0.333 e. The first-order valence-electron chi connectivity index (χ1n) is 6.40. The zero-order valence-corrected chi connectivity index (χ0v) is 11.5. The molecule has 2 amide bonds. The van der Waals surface area contributed by atoms with E-state index in [-0.39, 0.29) is 32.0 Å². The molecule has 112 valence electrons. The molecule has 2 unspecified atom stereocenters. The van der Waals surface area contributed by atoms with E-state index >= 15 is 0 Å². The fourth-order valence-corrected chi connectivity index (χ4v) is 2.14. The van der Waals surface area contributed by atoms with Crippen LogP contribution in [0.15, 0.2) is 0 Å². The summed E-state index contributed by atoms with van der Waals surface area (Å²) in [6, 6.07) is -1.27. The third kappa shape index (κ3) is 4.89. The Labute approximate surface area is 111 Å². The molecule has 4 nitrogen and oxygen atoms in total. The lowest BCUT2D eigenvalue weighted by molar-refractivity contribution is -0.180. The van der Waals surface area contributed by atoms with Crippen LogP contribution in [0.5, 0.6) is 0 Å². The standard InChI is InChI=1S/C12H22F3N3O/c1-11(2,3)17-10(19)18-6-4-8(12(13,14)15)9(16)5-7-18/h8-9H,4-7,16H2,1-3H3,(H,17,19). The van der Waals surface area contributed by atoms with Gasteiger partial charge in [0.25, 0.3) is 0 Å². The number of halogens is 3. The van der Waals surface area contributed by atoms with Crippen LogP contribution in [-0.4, -0.2) is 41.8 Å². The Morgan fingerprint density at radius 3 is 2.21 bits per heavy atom. The van der Waals surface area contributed by atoms with Gasteiger partial charge in [-0.05, 0) is 33.6 Å². The quantitative estimate of drug-likeness (QED) is 0.714. The van der Waals surface area contributed by atoms with Crippen molar-refractivity contribution in [3.8, 4) is 0 Å². The molecule has 7 heteroatoms. The van der Waals surface area contributed by atoms with Crippen molar-refractivity contribution >= 4 is 6.03 Å². The van der Waals surface area contributed by atoms with Crippen molar-refractivity contribution in [3.63, 3.8) is 0 Å². The predicted octanol–water partition coefficient (Wildman–Crippen LogP) is 2.10. The molecule has 0 aromatic carbocycles. The van der Waals surface area contributed by atoms with Crippen molar-refractivity contribution < 1.29 is 18.0 Å². The van der Waals surface area contributed by atoms with Crippen molar-refractivity contribution in [1.29, 1.82) is 0 Å². The second-order valence-corrected chi connectivity index (χ2v) is 6.06. The van der Waals surface area contributed by atoms with Gasteiger partial charge in [0, 0.05) is 24.7 Å². The molecule has 1 rings (SSSR count). The fraction of sp³-hybridized carbons (Fsp3) is 0.917. The molecule has 1 aliphatic rings. The predicted molar refractivity (Wildman–Crippen MR) is 66.6 cm³/mol. The van der Waals surface area contributed by atoms with E-state index in [2.05, 4.69) is 5.32 Å². The number of hydrogen-bond acceptors (Lipinski definition) is 2. The molecular weight excluding hydrogens is 259 g/mol. The summed E-state index contributed by atoms with van der Waals surface area (Å²) in [5.41, 5.74) is 5.17. The molecule has 19 heavy (non-hydrogen) atoms. The van der Waals surface area contributed by atoms with E-state index in [0.29, 0.717) is 0 Å². The number of alkyl halides is 3. The second kappa shape index (κ2) is 5.56. The molecule has 0 spiro atoms. The first kappa shape index (κ1) is 16.1. The molecule has 1 fully saturated rings. The van der Waals surface area contributed by atoms with Crippen LogP contribution in [0.25, 0.3) is 0 Å². The Balaban J connectivity index is 2.66. The Morgan fingerprint density at radius 1 is 1.21 bits per heavy atom. The highest BCUT2D eigenvalue weighted by Gasteiger charge is 2.44. The molecule has 0 radical (unpaired) electrons. The summed E-state index contributed by atoms with van der Waals surface area (Å²) in [7, 11) is 0. The van der Waals surface area contributed by atoms with Crippen LogP contribution >= 0.6 is 0 Å². The fourth-order valence-electron chi connectivity index (χ4n) is 2.14. The van der Waals surface area contributed by atoms with Crippen LogP contribution in [0.4, 0.5) is 18.0 Å². The molecule has 0 bridgehead atoms. The SMILES string of the molecule is CC(C)(C)NC(=O)N1CCC(N)C(C(F)(F)F)CC1. The van der Waals surface area contributed by atoms with Crippen molar-refractivity contribution in [3.05, 3.63) is 0 Å². The van der Waals surface area contributed by atoms with Crippen molar-refractivity contribution in [2.24, 2.45) is 11.7 Å². The maximum Gasteiger partial charge on any atom is 0.393 e. The minimum Gasteiger partial charge on any atom is -0.333 e. The Morgan fingerprint density at radius 2 is 1.74 bits per heavy atom. The highest BCUT2D eigenvalue weighted by atomic mass is 19.4. The number of nitrogens with two attached hydrogens (primary N) is 1. The summed E-state index contributed by atoms with van der Waals surface area (Å²) in [5.74, 6) is -1.53. The normalized spacial score (nSPS) is 25.9. The lowest BCUT2D eigenvalue weighted by Crippen LogP contribution is -2.48. The van der Waals surface area contributed by atoms with E-state index in [1.807, 2.05) is 20.8 Å². The average molecular weight is 281 g/mol. The molecule has 1 heterocycles. The van der Waals surface area contributed by atoms with E-state index in [4.69, 9.17) is 5.73 Å². The first-order valence-corrected chi connectivity index (χ1v) is 6.40. The second-order valence-electron chi connectivity index (χ2n) is 6.06. The zero-order chi connectivity index (χ0) is 14.8. The number of rotatable bonds is 0. The van der Waals surface area contributed by atoms with Gasteiger partial charge in [0.1, 0.15) is 0 Å². The maximum atomic E-state index is 12.8. The highest BCUT2D eigenvalue weighted by Crippen LogP contribution is 2.33. The number of nitrogens with one attached hydrogen (secondary N) is 1. The number of nitrogens with zero attached hydrogens (tertiary/aromatic N) is 1. The molecule has 3 N–H and O–H groups in total. The zero-order valence-electron chi connectivity index (χ0n) is 11.5. The van der Waals surface area contributed by atoms with E-state index < -0.39 is 23.7 Å². The molecule has 0 aromatic rings. The summed E-state index contributed by atoms with van der Waals surface area (Å²) in [6.07, 6.45) is -4.26. The molecule has 0 aliphatic carbocycles. The minimum atomic E-state index is -4.30. The third-order valence-corrected chi connectivity index (χ3v) is 3.15. The van der Waals surface area contributed by atoms with Gasteiger partial charge in [-0.2, -0.15) is 13.2 Å². The average Bonchev–Trinajstić information content (AvgIpc) is 2.36. The van der Waals surface area contributed by atoms with E-state index in [1.165, 1.54) is 4.90 Å². The van der Waals surface area contributed by atoms with E-state index in [1.54, 1.807) is 0 Å². The molecule has 2 atom stereocenters. The van der Waals surface area contributed by atoms with E-state index in [9.17, 15) is 18.0 Å². The molecule has 1 saturated heterocycles. The van der Waals surface area contributed by atoms with Crippen LogP contribution in [0.1, 0.15) is 33.6 Å². The highest BCUT2D eigenvalue weighted by molar-refractivity contribution is 5.74. The van der Waals surface area contributed by atoms with Gasteiger partial charge >= 0.3 is 12.2 Å². The molecule has 0 aromatic heterocycles. The van der Waals surface area contributed by atoms with Crippen LogP contribution in [0, 0.1) is 5.92 Å². The van der Waals surface area contributed by atoms with Crippen LogP contribution in [-0.2, 0) is 0 Å². The maximum absolute atomic E-state index is 12.8. The summed E-state index contributed by atoms with van der Waals surface area (Å²) in [6.45, 7) is 5.82. The number of urea groups is 1. The summed E-state index contributed by atoms with van der Waals surface area (Å²) < 4.78 is 38.3. The summed E-state index contributed by atoms with van der Waals surface area (Å²) >= 11 is 0. The van der Waals surface area contributed by atoms with E-state index in [0.717, 1.165) is 0 Å². The summed E-state index contributed by atoms with van der Waals surface area (Å²) in [4.78, 5) is 13.3. The lowest BCUT2D eigenvalue weighted by Gasteiger charge is -2.27. The van der Waals surface area contributed by atoms with Gasteiger partial charge in [-0.3, -0.25) is 0 Å². The number of carbonyl (C=O) groups is 1. The van der Waals surface area contributed by atoms with Crippen LogP contribution < -0.4 is 11.1 Å². The number of carbonyl (C=O) groups excluding carboxylic acids is 1. The van der Waals surface area contributed by atoms with Gasteiger partial charge in [0.2, 0.25) is 0 Å². The first-order chi connectivity index (χ1) is 8.50. The van der Waals surface area contributed by atoms with Crippen LogP contribution in [0.3, 0.4) is 0 Å². The monoisotopic (exact) mass is 281 g/mol. The van der Waals surface area contributed by atoms with Crippen molar-refractivity contribution in [2.45, 2.75) is 51.4 Å². The van der Waals surface area contributed by atoms with Gasteiger partial charge in [-0.15, -0.1) is 0 Å². The molecule has 1 aliphatic heterocycles. The number of likely N-dealkylation sites (tertiary alicyclic amines) is 1. The topological polar surface area (TPSA) is 58.4 Å². The molecular formula is C12H22F3N3O. The Bertz CT molecular complexity index is 325. The number of amides is 2. The van der Waals surface area contributed by atoms with Crippen molar-refractivity contribution in [2.75, 3.05) is 13.1 Å². The van der Waals surface area contributed by atoms with Gasteiger partial charge < -0.3 is 16.0 Å². The minimum absolute atomic E-state index is 0.0831. The summed E-state index contributed by atoms with van der Waals surface area (Å²) in [5, 5.41) is 2.75. The molecule has 0 saturated carbocycles. The van der Waals surface area contributed by atoms with Gasteiger partial charge in [0.15, 0.2) is 0 Å². The largest absolute Gasteiger partial charge is 0.393 e. The Hall–Kier alpha value is -0.980. The lowest BCUT2D eigenvalue weighted by atomic mass is 9.95. The number of hydrogen-bond donors (Lipinski definition) is 2. The van der Waals surface area contributed by atoms with Gasteiger partial charge in [-0.25, -0.2) is 4.79 Å². The third-order valence-electron chi connectivity index (χ3n) is 3.15.